The fraction of sp³-hybridized carbons (Fsp3) is 0.385. The Balaban J connectivity index is 1.30. The van der Waals surface area contributed by atoms with Crippen molar-refractivity contribution in [2.24, 2.45) is 5.73 Å². The number of nitrogens with one attached hydrogen (secondary N) is 1. The van der Waals surface area contributed by atoms with Gasteiger partial charge in [0, 0.05) is 36.8 Å². The molecule has 10 heteroatoms. The molecule has 0 amide bonds. The van der Waals surface area contributed by atoms with Crippen molar-refractivity contribution in [1.29, 1.82) is 0 Å². The Morgan fingerprint density at radius 1 is 1.14 bits per heavy atom. The molecule has 1 aliphatic carbocycles. The molecule has 1 aliphatic heterocycles. The molecule has 0 spiro atoms. The van der Waals surface area contributed by atoms with Gasteiger partial charge in [-0.25, -0.2) is 28.7 Å². The molecular formula is C26H28F2N8. The Bertz CT molecular complexity index is 1460. The second-order valence-electron chi connectivity index (χ2n) is 9.60. The first-order valence-electron chi connectivity index (χ1n) is 12.4. The number of hydrogen-bond acceptors (Lipinski definition) is 7. The van der Waals surface area contributed by atoms with Crippen molar-refractivity contribution >= 4 is 22.8 Å². The minimum absolute atomic E-state index is 0.0247. The number of aryl methyl sites for hydroxylation is 1. The van der Waals surface area contributed by atoms with Crippen LogP contribution >= 0.6 is 0 Å². The highest BCUT2D eigenvalue weighted by atomic mass is 19.1. The maximum absolute atomic E-state index is 15.0. The zero-order valence-electron chi connectivity index (χ0n) is 20.3. The molecule has 1 unspecified atom stereocenters. The molecule has 3 aromatic heterocycles. The Labute approximate surface area is 207 Å². The van der Waals surface area contributed by atoms with Crippen LogP contribution in [0.1, 0.15) is 49.3 Å². The van der Waals surface area contributed by atoms with Crippen molar-refractivity contribution in [2.75, 3.05) is 11.9 Å². The largest absolute Gasteiger partial charge is 0.325 e. The predicted octanol–water partition coefficient (Wildman–Crippen LogP) is 4.61. The lowest BCUT2D eigenvalue weighted by atomic mass is 10.0. The molecular weight excluding hydrogens is 462 g/mol. The van der Waals surface area contributed by atoms with Gasteiger partial charge in [0.25, 0.3) is 0 Å². The van der Waals surface area contributed by atoms with E-state index >= 15 is 0 Å². The maximum atomic E-state index is 15.0. The number of rotatable bonds is 6. The Morgan fingerprint density at radius 3 is 2.75 bits per heavy atom. The Morgan fingerprint density at radius 2 is 1.97 bits per heavy atom. The molecule has 1 saturated carbocycles. The molecule has 6 rings (SSSR count). The SMILES string of the molecule is CCC(N)N1CCc2nc(Nc3ncc(F)c(-c4cc(F)c5nc(C)n(C6CC6)c5c4)n3)ccc2C1. The van der Waals surface area contributed by atoms with E-state index in [1.54, 1.807) is 6.07 Å². The highest BCUT2D eigenvalue weighted by molar-refractivity contribution is 5.83. The first-order valence-corrected chi connectivity index (χ1v) is 12.4. The first kappa shape index (κ1) is 22.9. The van der Waals surface area contributed by atoms with Gasteiger partial charge in [-0.2, -0.15) is 0 Å². The van der Waals surface area contributed by atoms with Crippen LogP contribution in [0.2, 0.25) is 0 Å². The van der Waals surface area contributed by atoms with Crippen LogP contribution in [-0.2, 0) is 13.0 Å². The zero-order valence-corrected chi connectivity index (χ0v) is 20.3. The zero-order chi connectivity index (χ0) is 25.0. The molecule has 2 aliphatic rings. The van der Waals surface area contributed by atoms with Crippen LogP contribution < -0.4 is 11.1 Å². The van der Waals surface area contributed by atoms with Gasteiger partial charge in [0.1, 0.15) is 22.9 Å². The highest BCUT2D eigenvalue weighted by Gasteiger charge is 2.28. The van der Waals surface area contributed by atoms with Crippen LogP contribution in [0.4, 0.5) is 20.5 Å². The summed E-state index contributed by atoms with van der Waals surface area (Å²) in [5.41, 5.74) is 9.66. The topological polar surface area (TPSA) is 97.8 Å². The standard InChI is InChI=1S/C26H28F2N8/c1-3-22(29)35-9-8-20-15(13-35)4-7-23(32-20)33-26-30-12-19(28)24(34-26)16-10-18(27)25-21(11-16)36(14(2)31-25)17-5-6-17/h4,7,10-12,17,22H,3,5-6,8-9,13,29H2,1-2H3,(H,30,32,33,34). The van der Waals surface area contributed by atoms with E-state index < -0.39 is 11.6 Å². The normalized spacial score (nSPS) is 16.8. The molecule has 1 atom stereocenters. The van der Waals surface area contributed by atoms with E-state index in [9.17, 15) is 8.78 Å². The molecule has 8 nitrogen and oxygen atoms in total. The van der Waals surface area contributed by atoms with Crippen LogP contribution in [0, 0.1) is 18.6 Å². The lowest BCUT2D eigenvalue weighted by Gasteiger charge is -2.32. The summed E-state index contributed by atoms with van der Waals surface area (Å²) in [6, 6.07) is 7.24. The number of fused-ring (bicyclic) bond motifs is 2. The number of halogens is 2. The van der Waals surface area contributed by atoms with Gasteiger partial charge in [-0.1, -0.05) is 13.0 Å². The number of anilines is 2. The number of aromatic nitrogens is 5. The van der Waals surface area contributed by atoms with Crippen molar-refractivity contribution in [3.63, 3.8) is 0 Å². The molecule has 0 radical (unpaired) electrons. The second kappa shape index (κ2) is 8.86. The van der Waals surface area contributed by atoms with Gasteiger partial charge in [0.2, 0.25) is 5.95 Å². The number of nitrogens with two attached hydrogens (primary N) is 1. The van der Waals surface area contributed by atoms with Gasteiger partial charge >= 0.3 is 0 Å². The average molecular weight is 491 g/mol. The lowest BCUT2D eigenvalue weighted by Crippen LogP contribution is -2.44. The third-order valence-electron chi connectivity index (χ3n) is 7.06. The number of benzene rings is 1. The minimum atomic E-state index is -0.626. The van der Waals surface area contributed by atoms with Crippen molar-refractivity contribution < 1.29 is 8.78 Å². The van der Waals surface area contributed by atoms with Crippen molar-refractivity contribution in [3.05, 3.63) is 59.2 Å². The van der Waals surface area contributed by atoms with Crippen molar-refractivity contribution in [3.8, 4) is 11.3 Å². The maximum Gasteiger partial charge on any atom is 0.229 e. The van der Waals surface area contributed by atoms with E-state index in [-0.39, 0.29) is 17.8 Å². The molecule has 0 saturated heterocycles. The van der Waals surface area contributed by atoms with Gasteiger partial charge in [-0.3, -0.25) is 4.90 Å². The van der Waals surface area contributed by atoms with Crippen LogP contribution in [-0.4, -0.2) is 42.1 Å². The lowest BCUT2D eigenvalue weighted by molar-refractivity contribution is 0.176. The molecule has 1 aromatic carbocycles. The van der Waals surface area contributed by atoms with Gasteiger partial charge in [-0.15, -0.1) is 0 Å². The predicted molar refractivity (Wildman–Crippen MR) is 134 cm³/mol. The summed E-state index contributed by atoms with van der Waals surface area (Å²) in [5.74, 6) is 0.401. The third-order valence-corrected chi connectivity index (χ3v) is 7.06. The van der Waals surface area contributed by atoms with E-state index in [1.807, 2.05) is 23.6 Å². The van der Waals surface area contributed by atoms with Gasteiger partial charge in [0.05, 0.1) is 17.9 Å². The van der Waals surface area contributed by atoms with E-state index in [4.69, 9.17) is 10.7 Å². The molecule has 36 heavy (non-hydrogen) atoms. The second-order valence-corrected chi connectivity index (χ2v) is 9.60. The number of nitrogens with zero attached hydrogens (tertiary/aromatic N) is 6. The van der Waals surface area contributed by atoms with Crippen molar-refractivity contribution in [2.45, 2.75) is 58.3 Å². The van der Waals surface area contributed by atoms with E-state index in [1.165, 1.54) is 6.07 Å². The van der Waals surface area contributed by atoms with E-state index in [0.717, 1.165) is 62.1 Å². The number of imidazole rings is 1. The summed E-state index contributed by atoms with van der Waals surface area (Å²) in [6.07, 6.45) is 4.89. The van der Waals surface area contributed by atoms with Crippen molar-refractivity contribution in [1.82, 2.24) is 29.4 Å². The van der Waals surface area contributed by atoms with Crippen LogP contribution in [0.5, 0.6) is 0 Å². The highest BCUT2D eigenvalue weighted by Crippen LogP contribution is 2.40. The fourth-order valence-corrected chi connectivity index (χ4v) is 4.99. The molecule has 1 fully saturated rings. The van der Waals surface area contributed by atoms with Gasteiger partial charge < -0.3 is 15.6 Å². The molecule has 3 N–H and O–H groups in total. The summed E-state index contributed by atoms with van der Waals surface area (Å²) in [7, 11) is 0. The fourth-order valence-electron chi connectivity index (χ4n) is 4.99. The van der Waals surface area contributed by atoms with Crippen LogP contribution in [0.15, 0.2) is 30.5 Å². The average Bonchev–Trinajstić information content (AvgIpc) is 3.65. The molecule has 186 valence electrons. The van der Waals surface area contributed by atoms with Gasteiger partial charge in [0.15, 0.2) is 11.6 Å². The third kappa shape index (κ3) is 4.10. The van der Waals surface area contributed by atoms with E-state index in [0.29, 0.717) is 28.5 Å². The summed E-state index contributed by atoms with van der Waals surface area (Å²) in [4.78, 5) is 19.8. The monoisotopic (exact) mass is 490 g/mol. The Kier molecular flexibility index (Phi) is 5.65. The van der Waals surface area contributed by atoms with Gasteiger partial charge in [-0.05, 0) is 49.9 Å². The first-order chi connectivity index (χ1) is 17.4. The molecule has 4 heterocycles. The van der Waals surface area contributed by atoms with E-state index in [2.05, 4.69) is 32.1 Å². The smallest absolute Gasteiger partial charge is 0.229 e. The summed E-state index contributed by atoms with van der Waals surface area (Å²) in [5, 5.41) is 3.08. The van der Waals surface area contributed by atoms with Crippen LogP contribution in [0.3, 0.4) is 0 Å². The molecule has 4 aromatic rings. The Hall–Kier alpha value is -3.50. The summed E-state index contributed by atoms with van der Waals surface area (Å²) in [6.45, 7) is 5.56. The summed E-state index contributed by atoms with van der Waals surface area (Å²) >= 11 is 0. The number of hydrogen-bond donors (Lipinski definition) is 2. The summed E-state index contributed by atoms with van der Waals surface area (Å²) < 4.78 is 31.8. The number of pyridine rings is 1. The minimum Gasteiger partial charge on any atom is -0.325 e. The molecule has 0 bridgehead atoms. The quantitative estimate of drug-likeness (QED) is 0.407. The van der Waals surface area contributed by atoms with Crippen LogP contribution in [0.25, 0.3) is 22.3 Å².